The van der Waals surface area contributed by atoms with Crippen LogP contribution in [-0.4, -0.2) is 22.2 Å². The number of aromatic carboxylic acids is 2. The summed E-state index contributed by atoms with van der Waals surface area (Å²) in [4.78, 5) is 23.1. The molecule has 4 aliphatic carbocycles. The molecule has 23 heavy (non-hydrogen) atoms. The van der Waals surface area contributed by atoms with Gasteiger partial charge in [-0.05, 0) is 85.8 Å². The summed E-state index contributed by atoms with van der Waals surface area (Å²) >= 11 is 0. The molecule has 0 aromatic heterocycles. The highest BCUT2D eigenvalue weighted by molar-refractivity contribution is 5.96. The van der Waals surface area contributed by atoms with Gasteiger partial charge in [0.1, 0.15) is 0 Å². The molecule has 4 saturated carbocycles. The molecule has 0 aliphatic heterocycles. The van der Waals surface area contributed by atoms with E-state index in [-0.39, 0.29) is 11.1 Å². The van der Waals surface area contributed by atoms with E-state index in [0.29, 0.717) is 29.7 Å². The van der Waals surface area contributed by atoms with Gasteiger partial charge in [0, 0.05) is 0 Å². The summed E-state index contributed by atoms with van der Waals surface area (Å²) in [6, 6.07) is 4.62. The zero-order valence-electron chi connectivity index (χ0n) is 13.1. The second-order valence-corrected chi connectivity index (χ2v) is 7.74. The monoisotopic (exact) mass is 314 g/mol. The van der Waals surface area contributed by atoms with Crippen LogP contribution in [0.15, 0.2) is 18.2 Å². The van der Waals surface area contributed by atoms with E-state index in [1.807, 2.05) is 0 Å². The van der Waals surface area contributed by atoms with E-state index >= 15 is 0 Å². The molecule has 4 nitrogen and oxygen atoms in total. The van der Waals surface area contributed by atoms with Gasteiger partial charge in [0.25, 0.3) is 0 Å². The highest BCUT2D eigenvalue weighted by Crippen LogP contribution is 2.57. The highest BCUT2D eigenvalue weighted by atomic mass is 16.4. The third kappa shape index (κ3) is 2.44. The molecule has 0 spiro atoms. The fourth-order valence-electron chi connectivity index (χ4n) is 5.81. The quantitative estimate of drug-likeness (QED) is 0.888. The van der Waals surface area contributed by atoms with Crippen molar-refractivity contribution in [1.29, 1.82) is 0 Å². The van der Waals surface area contributed by atoms with Gasteiger partial charge < -0.3 is 10.2 Å². The van der Waals surface area contributed by atoms with Crippen LogP contribution in [-0.2, 0) is 6.42 Å². The van der Waals surface area contributed by atoms with Crippen LogP contribution in [0.4, 0.5) is 0 Å². The van der Waals surface area contributed by atoms with Gasteiger partial charge in [-0.15, -0.1) is 0 Å². The van der Waals surface area contributed by atoms with Gasteiger partial charge in [-0.2, -0.15) is 0 Å². The number of rotatable bonds is 4. The summed E-state index contributed by atoms with van der Waals surface area (Å²) in [6.07, 6.45) is 7.03. The van der Waals surface area contributed by atoms with Crippen LogP contribution < -0.4 is 0 Å². The Morgan fingerprint density at radius 2 is 1.35 bits per heavy atom. The predicted octanol–water partition coefficient (Wildman–Crippen LogP) is 3.70. The lowest BCUT2D eigenvalue weighted by Gasteiger charge is -2.54. The Balaban J connectivity index is 1.68. The second-order valence-electron chi connectivity index (χ2n) is 7.74. The Morgan fingerprint density at radius 3 is 1.78 bits per heavy atom. The maximum atomic E-state index is 11.6. The minimum atomic E-state index is -1.02. The average Bonchev–Trinajstić information content (AvgIpc) is 2.49. The molecular weight excluding hydrogens is 292 g/mol. The molecule has 4 heteroatoms. The molecule has 4 aliphatic rings. The lowest BCUT2D eigenvalue weighted by atomic mass is 9.51. The fraction of sp³-hybridized carbons (Fsp3) is 0.579. The molecule has 0 saturated heterocycles. The Hall–Kier alpha value is -1.84. The topological polar surface area (TPSA) is 74.6 Å². The first kappa shape index (κ1) is 14.7. The largest absolute Gasteiger partial charge is 0.478 e. The van der Waals surface area contributed by atoms with Crippen molar-refractivity contribution < 1.29 is 19.8 Å². The molecule has 0 amide bonds. The minimum absolute atomic E-state index is 0.165. The molecule has 4 fully saturated rings. The second kappa shape index (κ2) is 5.36. The van der Waals surface area contributed by atoms with Gasteiger partial charge in [-0.1, -0.05) is 6.07 Å². The van der Waals surface area contributed by atoms with Crippen LogP contribution in [0.2, 0.25) is 0 Å². The third-order valence-corrected chi connectivity index (χ3v) is 6.50. The van der Waals surface area contributed by atoms with Crippen molar-refractivity contribution in [3.63, 3.8) is 0 Å². The first-order chi connectivity index (χ1) is 11.0. The number of hydrogen-bond acceptors (Lipinski definition) is 2. The summed E-state index contributed by atoms with van der Waals surface area (Å²) in [7, 11) is 0. The van der Waals surface area contributed by atoms with Crippen molar-refractivity contribution in [3.05, 3.63) is 34.9 Å². The molecule has 1 aromatic carbocycles. The van der Waals surface area contributed by atoms with E-state index < -0.39 is 11.9 Å². The number of carboxylic acids is 2. The Labute approximate surface area is 135 Å². The fourth-order valence-corrected chi connectivity index (χ4v) is 5.81. The molecule has 2 N–H and O–H groups in total. The van der Waals surface area contributed by atoms with Crippen LogP contribution in [0.5, 0.6) is 0 Å². The molecule has 1 aromatic rings. The summed E-state index contributed by atoms with van der Waals surface area (Å²) in [5.74, 6) is 1.47. The lowest BCUT2D eigenvalue weighted by molar-refractivity contribution is -0.0361. The van der Waals surface area contributed by atoms with E-state index in [1.165, 1.54) is 38.2 Å². The van der Waals surface area contributed by atoms with Crippen LogP contribution in [0, 0.1) is 29.6 Å². The van der Waals surface area contributed by atoms with E-state index in [4.69, 9.17) is 0 Å². The van der Waals surface area contributed by atoms with E-state index in [0.717, 1.165) is 11.8 Å². The van der Waals surface area contributed by atoms with Crippen LogP contribution in [0.25, 0.3) is 0 Å². The molecule has 0 radical (unpaired) electrons. The molecule has 0 atom stereocenters. The third-order valence-electron chi connectivity index (χ3n) is 6.50. The number of hydrogen-bond donors (Lipinski definition) is 2. The predicted molar refractivity (Wildman–Crippen MR) is 84.6 cm³/mol. The average molecular weight is 314 g/mol. The first-order valence-corrected chi connectivity index (χ1v) is 8.61. The SMILES string of the molecule is O=C(O)c1cccc(C(=O)O)c1CC1C2CC3CC(C2)CC1C3. The highest BCUT2D eigenvalue weighted by Gasteiger charge is 2.48. The van der Waals surface area contributed by atoms with Crippen molar-refractivity contribution in [2.45, 2.75) is 38.5 Å². The van der Waals surface area contributed by atoms with Crippen molar-refractivity contribution in [2.75, 3.05) is 0 Å². The van der Waals surface area contributed by atoms with Gasteiger partial charge in [-0.25, -0.2) is 9.59 Å². The minimum Gasteiger partial charge on any atom is -0.478 e. The van der Waals surface area contributed by atoms with Crippen LogP contribution in [0.1, 0.15) is 58.4 Å². The Kier molecular flexibility index (Phi) is 3.43. The van der Waals surface area contributed by atoms with E-state index in [2.05, 4.69) is 0 Å². The van der Waals surface area contributed by atoms with Gasteiger partial charge in [-0.3, -0.25) is 0 Å². The van der Waals surface area contributed by atoms with Crippen LogP contribution in [0.3, 0.4) is 0 Å². The summed E-state index contributed by atoms with van der Waals surface area (Å²) in [5.41, 5.74) is 0.863. The molecular formula is C19H22O4. The molecule has 4 bridgehead atoms. The van der Waals surface area contributed by atoms with Gasteiger partial charge in [0.05, 0.1) is 11.1 Å². The Bertz CT molecular complexity index is 603. The Morgan fingerprint density at radius 1 is 0.870 bits per heavy atom. The lowest BCUT2D eigenvalue weighted by Crippen LogP contribution is -2.46. The smallest absolute Gasteiger partial charge is 0.335 e. The number of benzene rings is 1. The van der Waals surface area contributed by atoms with Crippen molar-refractivity contribution in [3.8, 4) is 0 Å². The maximum absolute atomic E-state index is 11.6. The zero-order chi connectivity index (χ0) is 16.1. The van der Waals surface area contributed by atoms with Crippen molar-refractivity contribution in [1.82, 2.24) is 0 Å². The zero-order valence-corrected chi connectivity index (χ0v) is 13.1. The van der Waals surface area contributed by atoms with Crippen molar-refractivity contribution in [2.24, 2.45) is 29.6 Å². The molecule has 122 valence electrons. The summed E-state index contributed by atoms with van der Waals surface area (Å²) < 4.78 is 0. The van der Waals surface area contributed by atoms with E-state index in [9.17, 15) is 19.8 Å². The van der Waals surface area contributed by atoms with Gasteiger partial charge in [0.2, 0.25) is 0 Å². The first-order valence-electron chi connectivity index (χ1n) is 8.61. The summed E-state index contributed by atoms with van der Waals surface area (Å²) in [5, 5.41) is 18.9. The molecule has 0 heterocycles. The number of carboxylic acid groups (broad SMARTS) is 2. The normalized spacial score (nSPS) is 34.5. The summed E-state index contributed by atoms with van der Waals surface area (Å²) in [6.45, 7) is 0. The van der Waals surface area contributed by atoms with Crippen molar-refractivity contribution >= 4 is 11.9 Å². The number of carbonyl (C=O) groups is 2. The van der Waals surface area contributed by atoms with Gasteiger partial charge >= 0.3 is 11.9 Å². The molecule has 0 unspecified atom stereocenters. The standard InChI is InChI=1S/C19H22O4/c20-18(21)14-2-1-3-15(19(22)23)17(14)9-16-12-5-10-4-11(7-12)8-13(16)6-10/h1-3,10-13,16H,4-9H2,(H,20,21)(H,22,23). The maximum Gasteiger partial charge on any atom is 0.335 e. The van der Waals surface area contributed by atoms with Gasteiger partial charge in [0.15, 0.2) is 0 Å². The van der Waals surface area contributed by atoms with Crippen LogP contribution >= 0.6 is 0 Å². The van der Waals surface area contributed by atoms with E-state index in [1.54, 1.807) is 12.1 Å². The molecule has 5 rings (SSSR count).